The van der Waals surface area contributed by atoms with Gasteiger partial charge in [0, 0.05) is 15.4 Å². The number of thiazole rings is 1. The van der Waals surface area contributed by atoms with Crippen LogP contribution in [-0.4, -0.2) is 11.5 Å². The van der Waals surface area contributed by atoms with E-state index >= 15 is 0 Å². The normalized spacial score (nSPS) is 19.6. The molecule has 1 saturated heterocycles. The Kier molecular flexibility index (Phi) is 3.96. The largest absolute Gasteiger partial charge is 0.308 e. The van der Waals surface area contributed by atoms with Crippen LogP contribution < -0.4 is 5.32 Å². The Balaban J connectivity index is 1.87. The predicted octanol–water partition coefficient (Wildman–Crippen LogP) is 4.53. The molecule has 1 aromatic heterocycles. The van der Waals surface area contributed by atoms with Gasteiger partial charge in [-0.25, -0.2) is 9.37 Å². The van der Waals surface area contributed by atoms with Crippen molar-refractivity contribution in [2.75, 3.05) is 6.54 Å². The van der Waals surface area contributed by atoms with Crippen LogP contribution in [0.4, 0.5) is 4.39 Å². The Labute approximate surface area is 124 Å². The number of rotatable bonds is 2. The van der Waals surface area contributed by atoms with Crippen molar-refractivity contribution < 1.29 is 4.39 Å². The van der Waals surface area contributed by atoms with Gasteiger partial charge in [0.15, 0.2) is 0 Å². The fourth-order valence-electron chi connectivity index (χ4n) is 2.33. The van der Waals surface area contributed by atoms with E-state index in [0.717, 1.165) is 28.1 Å². The second-order valence-electron chi connectivity index (χ2n) is 4.70. The van der Waals surface area contributed by atoms with E-state index in [1.165, 1.54) is 18.9 Å². The summed E-state index contributed by atoms with van der Waals surface area (Å²) in [6, 6.07) is 5.43. The van der Waals surface area contributed by atoms with Crippen molar-refractivity contribution in [3.63, 3.8) is 0 Å². The maximum Gasteiger partial charge on any atom is 0.133 e. The van der Waals surface area contributed by atoms with Gasteiger partial charge < -0.3 is 5.32 Å². The number of halogens is 2. The first-order valence-electron chi connectivity index (χ1n) is 6.38. The standard InChI is InChI=1S/C14H14BrFN2S/c15-9-4-5-10(11(16)7-9)13-8-19-14(18-13)12-3-1-2-6-17-12/h4-5,7-8,12,17H,1-3,6H2. The number of piperidine rings is 1. The molecule has 2 aromatic rings. The highest BCUT2D eigenvalue weighted by Gasteiger charge is 2.19. The third-order valence-electron chi connectivity index (χ3n) is 3.34. The number of hydrogen-bond donors (Lipinski definition) is 1. The number of hydrogen-bond acceptors (Lipinski definition) is 3. The molecule has 0 saturated carbocycles. The lowest BCUT2D eigenvalue weighted by Gasteiger charge is -2.21. The maximum atomic E-state index is 13.9. The lowest BCUT2D eigenvalue weighted by molar-refractivity contribution is 0.411. The van der Waals surface area contributed by atoms with Crippen LogP contribution in [0.1, 0.15) is 30.3 Å². The van der Waals surface area contributed by atoms with Crippen LogP contribution in [0.15, 0.2) is 28.1 Å². The molecule has 1 aromatic carbocycles. The van der Waals surface area contributed by atoms with Gasteiger partial charge >= 0.3 is 0 Å². The van der Waals surface area contributed by atoms with Gasteiger partial charge in [-0.1, -0.05) is 22.4 Å². The van der Waals surface area contributed by atoms with Crippen LogP contribution in [0.5, 0.6) is 0 Å². The zero-order valence-corrected chi connectivity index (χ0v) is 12.7. The zero-order chi connectivity index (χ0) is 13.2. The summed E-state index contributed by atoms with van der Waals surface area (Å²) in [4.78, 5) is 4.60. The smallest absolute Gasteiger partial charge is 0.133 e. The van der Waals surface area contributed by atoms with Gasteiger partial charge in [0.2, 0.25) is 0 Å². The van der Waals surface area contributed by atoms with Crippen LogP contribution in [0.3, 0.4) is 0 Å². The van der Waals surface area contributed by atoms with E-state index in [4.69, 9.17) is 0 Å². The third-order valence-corrected chi connectivity index (χ3v) is 4.79. The van der Waals surface area contributed by atoms with Crippen molar-refractivity contribution in [2.45, 2.75) is 25.3 Å². The van der Waals surface area contributed by atoms with Gasteiger partial charge in [-0.3, -0.25) is 0 Å². The average Bonchev–Trinajstić information content (AvgIpc) is 2.89. The number of benzene rings is 1. The fraction of sp³-hybridized carbons (Fsp3) is 0.357. The number of nitrogens with one attached hydrogen (secondary N) is 1. The van der Waals surface area contributed by atoms with Crippen LogP contribution in [-0.2, 0) is 0 Å². The molecule has 2 nitrogen and oxygen atoms in total. The fourth-order valence-corrected chi connectivity index (χ4v) is 3.59. The van der Waals surface area contributed by atoms with Crippen molar-refractivity contribution >= 4 is 27.3 Å². The van der Waals surface area contributed by atoms with Crippen molar-refractivity contribution in [2.24, 2.45) is 0 Å². The molecule has 1 fully saturated rings. The number of aromatic nitrogens is 1. The molecule has 2 heterocycles. The van der Waals surface area contributed by atoms with Gasteiger partial charge in [-0.15, -0.1) is 11.3 Å². The Hall–Kier alpha value is -0.780. The molecule has 1 aliphatic rings. The van der Waals surface area contributed by atoms with Gasteiger partial charge in [-0.05, 0) is 37.6 Å². The minimum Gasteiger partial charge on any atom is -0.308 e. The summed E-state index contributed by atoms with van der Waals surface area (Å²) in [7, 11) is 0. The topological polar surface area (TPSA) is 24.9 Å². The first-order chi connectivity index (χ1) is 9.24. The van der Waals surface area contributed by atoms with Gasteiger partial charge in [0.1, 0.15) is 10.8 Å². The second kappa shape index (κ2) is 5.69. The molecule has 1 atom stereocenters. The van der Waals surface area contributed by atoms with Gasteiger partial charge in [0.05, 0.1) is 11.7 Å². The van der Waals surface area contributed by atoms with Crippen molar-refractivity contribution in [1.82, 2.24) is 10.3 Å². The minimum atomic E-state index is -0.233. The summed E-state index contributed by atoms with van der Waals surface area (Å²) in [5, 5.41) is 6.48. The third kappa shape index (κ3) is 2.88. The Morgan fingerprint density at radius 3 is 3.00 bits per heavy atom. The Morgan fingerprint density at radius 1 is 1.37 bits per heavy atom. The Bertz CT molecular complexity index is 579. The molecule has 1 aliphatic heterocycles. The van der Waals surface area contributed by atoms with E-state index in [9.17, 15) is 4.39 Å². The molecule has 0 bridgehead atoms. The van der Waals surface area contributed by atoms with E-state index in [2.05, 4.69) is 26.2 Å². The van der Waals surface area contributed by atoms with E-state index in [1.807, 2.05) is 11.4 Å². The molecule has 0 spiro atoms. The lowest BCUT2D eigenvalue weighted by Crippen LogP contribution is -2.26. The summed E-state index contributed by atoms with van der Waals surface area (Å²) in [6.45, 7) is 1.05. The molecule has 1 unspecified atom stereocenters. The molecule has 0 aliphatic carbocycles. The average molecular weight is 341 g/mol. The van der Waals surface area contributed by atoms with Crippen LogP contribution in [0.25, 0.3) is 11.3 Å². The lowest BCUT2D eigenvalue weighted by atomic mass is 10.1. The quantitative estimate of drug-likeness (QED) is 0.868. The maximum absolute atomic E-state index is 13.9. The molecular formula is C14H14BrFN2S. The molecule has 0 radical (unpaired) electrons. The van der Waals surface area contributed by atoms with E-state index in [0.29, 0.717) is 11.6 Å². The van der Waals surface area contributed by atoms with E-state index < -0.39 is 0 Å². The summed E-state index contributed by atoms with van der Waals surface area (Å²) in [6.07, 6.45) is 3.59. The molecule has 3 rings (SSSR count). The summed E-state index contributed by atoms with van der Waals surface area (Å²) < 4.78 is 14.7. The molecule has 19 heavy (non-hydrogen) atoms. The van der Waals surface area contributed by atoms with Gasteiger partial charge in [0.25, 0.3) is 0 Å². The van der Waals surface area contributed by atoms with Crippen LogP contribution in [0, 0.1) is 5.82 Å². The van der Waals surface area contributed by atoms with E-state index in [1.54, 1.807) is 17.4 Å². The second-order valence-corrected chi connectivity index (χ2v) is 6.50. The summed E-state index contributed by atoms with van der Waals surface area (Å²) in [5.74, 6) is -0.233. The summed E-state index contributed by atoms with van der Waals surface area (Å²) in [5.41, 5.74) is 1.30. The van der Waals surface area contributed by atoms with E-state index in [-0.39, 0.29) is 5.82 Å². The highest BCUT2D eigenvalue weighted by atomic mass is 79.9. The first kappa shape index (κ1) is 13.2. The highest BCUT2D eigenvalue weighted by Crippen LogP contribution is 2.31. The van der Waals surface area contributed by atoms with Crippen molar-refractivity contribution in [1.29, 1.82) is 0 Å². The minimum absolute atomic E-state index is 0.233. The van der Waals surface area contributed by atoms with Gasteiger partial charge in [-0.2, -0.15) is 0 Å². The molecule has 0 amide bonds. The van der Waals surface area contributed by atoms with Crippen molar-refractivity contribution in [3.8, 4) is 11.3 Å². The molecule has 1 N–H and O–H groups in total. The molecule has 100 valence electrons. The molecular weight excluding hydrogens is 327 g/mol. The predicted molar refractivity (Wildman–Crippen MR) is 79.8 cm³/mol. The van der Waals surface area contributed by atoms with Crippen molar-refractivity contribution in [3.05, 3.63) is 38.9 Å². The number of nitrogens with zero attached hydrogens (tertiary/aromatic N) is 1. The monoisotopic (exact) mass is 340 g/mol. The SMILES string of the molecule is Fc1cc(Br)ccc1-c1csc(C2CCCCN2)n1. The highest BCUT2D eigenvalue weighted by molar-refractivity contribution is 9.10. The van der Waals surface area contributed by atoms with Crippen LogP contribution >= 0.6 is 27.3 Å². The zero-order valence-electron chi connectivity index (χ0n) is 10.3. The summed E-state index contributed by atoms with van der Waals surface area (Å²) >= 11 is 4.88. The Morgan fingerprint density at radius 2 is 2.26 bits per heavy atom. The molecule has 5 heteroatoms. The first-order valence-corrected chi connectivity index (χ1v) is 8.05. The van der Waals surface area contributed by atoms with Crippen LogP contribution in [0.2, 0.25) is 0 Å².